The van der Waals surface area contributed by atoms with E-state index in [9.17, 15) is 0 Å². The fourth-order valence-electron chi connectivity index (χ4n) is 4.80. The zero-order valence-electron chi connectivity index (χ0n) is 13.6. The Morgan fingerprint density at radius 2 is 2.27 bits per heavy atom. The van der Waals surface area contributed by atoms with Gasteiger partial charge in [0.2, 0.25) is 0 Å². The summed E-state index contributed by atoms with van der Waals surface area (Å²) in [7, 11) is 0. The summed E-state index contributed by atoms with van der Waals surface area (Å²) in [5.41, 5.74) is 4.51. The van der Waals surface area contributed by atoms with E-state index in [0.29, 0.717) is 0 Å². The topological polar surface area (TPSA) is 19.0 Å². The summed E-state index contributed by atoms with van der Waals surface area (Å²) in [5, 5.41) is 3.00. The van der Waals surface area contributed by atoms with Gasteiger partial charge >= 0.3 is 140 Å². The molecule has 3 atom stereocenters. The van der Waals surface area contributed by atoms with E-state index in [1.165, 1.54) is 43.2 Å². The third-order valence-electron chi connectivity index (χ3n) is 5.57. The molecule has 1 N–H and O–H groups in total. The van der Waals surface area contributed by atoms with Crippen LogP contribution in [0, 0.1) is 5.92 Å². The quantitative estimate of drug-likeness (QED) is 0.813. The summed E-state index contributed by atoms with van der Waals surface area (Å²) < 4.78 is 0. The molecule has 118 valence electrons. The number of likely N-dealkylation sites (tertiary alicyclic amines) is 1. The molecule has 4 rings (SSSR count). The SMILES string of the molecule is CCCN1C[C@H](C[Se]C)C[C@@H]2c3cccc4[nH]cc(c34)C[C@H]21. The maximum atomic E-state index is 3.50. The first-order valence-electron chi connectivity index (χ1n) is 8.63. The third kappa shape index (κ3) is 2.35. The van der Waals surface area contributed by atoms with Crippen molar-refractivity contribution in [2.24, 2.45) is 5.92 Å². The molecule has 0 spiro atoms. The molecule has 1 aromatic carbocycles. The van der Waals surface area contributed by atoms with Crippen LogP contribution >= 0.6 is 0 Å². The summed E-state index contributed by atoms with van der Waals surface area (Å²) in [6.07, 6.45) is 6.18. The molecule has 1 saturated heterocycles. The molecule has 2 nitrogen and oxygen atoms in total. The zero-order chi connectivity index (χ0) is 15.1. The molecule has 3 heteroatoms. The van der Waals surface area contributed by atoms with Crippen LogP contribution in [0.3, 0.4) is 0 Å². The van der Waals surface area contributed by atoms with Gasteiger partial charge in [0.25, 0.3) is 0 Å². The van der Waals surface area contributed by atoms with E-state index >= 15 is 0 Å². The van der Waals surface area contributed by atoms with Gasteiger partial charge in [-0.05, 0) is 0 Å². The van der Waals surface area contributed by atoms with Crippen molar-refractivity contribution >= 4 is 25.9 Å². The van der Waals surface area contributed by atoms with Gasteiger partial charge < -0.3 is 0 Å². The number of H-pyrrole nitrogens is 1. The molecule has 0 radical (unpaired) electrons. The number of rotatable bonds is 4. The number of hydrogen-bond acceptors (Lipinski definition) is 1. The molecule has 0 bridgehead atoms. The number of fused-ring (bicyclic) bond motifs is 2. The molecule has 0 unspecified atom stereocenters. The fourth-order valence-corrected chi connectivity index (χ4v) is 6.30. The van der Waals surface area contributed by atoms with Gasteiger partial charge in [0.1, 0.15) is 0 Å². The summed E-state index contributed by atoms with van der Waals surface area (Å²) in [6, 6.07) is 7.62. The Morgan fingerprint density at radius 1 is 1.36 bits per heavy atom. The summed E-state index contributed by atoms with van der Waals surface area (Å²) in [4.78, 5) is 6.32. The van der Waals surface area contributed by atoms with Crippen LogP contribution in [0.1, 0.15) is 36.8 Å². The molecular formula is C19H26N2Se. The average molecular weight is 361 g/mol. The van der Waals surface area contributed by atoms with Crippen molar-refractivity contribution in [2.45, 2.75) is 49.3 Å². The van der Waals surface area contributed by atoms with Crippen LogP contribution < -0.4 is 0 Å². The third-order valence-corrected chi connectivity index (χ3v) is 7.26. The zero-order valence-corrected chi connectivity index (χ0v) is 15.4. The number of nitrogens with zero attached hydrogens (tertiary/aromatic N) is 1. The number of aromatic amines is 1. The van der Waals surface area contributed by atoms with E-state index in [4.69, 9.17) is 0 Å². The molecule has 2 aromatic rings. The van der Waals surface area contributed by atoms with Crippen LogP contribution in [0.2, 0.25) is 11.1 Å². The standard InChI is InChI=1S/C19H26N2Se/c1-3-7-21-11-13(12-22-2)8-16-15-5-4-6-17-19(15)14(10-20-17)9-18(16)21/h4-6,10,13,16,18,20H,3,7-9,11-12H2,1-2H3/t13-,16-,18-/m1/s1. The van der Waals surface area contributed by atoms with Crippen molar-refractivity contribution in [3.8, 4) is 0 Å². The van der Waals surface area contributed by atoms with Gasteiger partial charge in [0.15, 0.2) is 0 Å². The average Bonchev–Trinajstić information content (AvgIpc) is 2.94. The first-order valence-corrected chi connectivity index (χ1v) is 11.6. The van der Waals surface area contributed by atoms with Crippen molar-refractivity contribution in [2.75, 3.05) is 13.1 Å². The Morgan fingerprint density at radius 3 is 3.09 bits per heavy atom. The molecule has 1 fully saturated rings. The van der Waals surface area contributed by atoms with Crippen molar-refractivity contribution in [1.29, 1.82) is 0 Å². The first kappa shape index (κ1) is 14.8. The Labute approximate surface area is 139 Å². The minimum absolute atomic E-state index is 0.731. The van der Waals surface area contributed by atoms with Gasteiger partial charge in [0, 0.05) is 0 Å². The molecule has 1 aromatic heterocycles. The van der Waals surface area contributed by atoms with Crippen molar-refractivity contribution in [3.63, 3.8) is 0 Å². The maximum absolute atomic E-state index is 3.50. The molecule has 2 aliphatic rings. The van der Waals surface area contributed by atoms with E-state index in [0.717, 1.165) is 32.8 Å². The van der Waals surface area contributed by atoms with Gasteiger partial charge in [-0.1, -0.05) is 0 Å². The second-order valence-corrected chi connectivity index (χ2v) is 8.92. The van der Waals surface area contributed by atoms with E-state index < -0.39 is 0 Å². The van der Waals surface area contributed by atoms with E-state index in [1.54, 1.807) is 16.5 Å². The molecule has 1 aliphatic heterocycles. The monoisotopic (exact) mass is 362 g/mol. The molecular weight excluding hydrogens is 335 g/mol. The normalized spacial score (nSPS) is 28.0. The van der Waals surface area contributed by atoms with Crippen LogP contribution in [0.4, 0.5) is 0 Å². The van der Waals surface area contributed by atoms with Crippen LogP contribution in [0.25, 0.3) is 10.9 Å². The van der Waals surface area contributed by atoms with Gasteiger partial charge in [-0.2, -0.15) is 0 Å². The number of piperidine rings is 1. The van der Waals surface area contributed by atoms with Crippen LogP contribution in [0.5, 0.6) is 0 Å². The molecule has 0 amide bonds. The van der Waals surface area contributed by atoms with Crippen LogP contribution in [0.15, 0.2) is 24.4 Å². The minimum atomic E-state index is 0.731. The van der Waals surface area contributed by atoms with Crippen molar-refractivity contribution in [1.82, 2.24) is 9.88 Å². The van der Waals surface area contributed by atoms with Gasteiger partial charge in [-0.15, -0.1) is 0 Å². The molecule has 22 heavy (non-hydrogen) atoms. The van der Waals surface area contributed by atoms with Gasteiger partial charge in [-0.3, -0.25) is 0 Å². The van der Waals surface area contributed by atoms with Gasteiger partial charge in [0.05, 0.1) is 0 Å². The van der Waals surface area contributed by atoms with E-state index in [1.807, 2.05) is 0 Å². The Hall–Kier alpha value is -0.761. The van der Waals surface area contributed by atoms with E-state index in [-0.39, 0.29) is 0 Å². The summed E-state index contributed by atoms with van der Waals surface area (Å²) in [5.74, 6) is 4.06. The molecule has 2 heterocycles. The summed E-state index contributed by atoms with van der Waals surface area (Å²) >= 11 is 0.801. The Kier molecular flexibility index (Phi) is 4.06. The Balaban J connectivity index is 1.75. The second kappa shape index (κ2) is 6.03. The summed E-state index contributed by atoms with van der Waals surface area (Å²) in [6.45, 7) is 4.93. The van der Waals surface area contributed by atoms with Crippen LogP contribution in [-0.4, -0.2) is 44.0 Å². The van der Waals surface area contributed by atoms with Gasteiger partial charge in [-0.25, -0.2) is 0 Å². The number of benzene rings is 1. The number of hydrogen-bond donors (Lipinski definition) is 1. The van der Waals surface area contributed by atoms with Crippen LogP contribution in [-0.2, 0) is 6.42 Å². The second-order valence-electron chi connectivity index (χ2n) is 7.01. The first-order chi connectivity index (χ1) is 10.8. The number of nitrogens with one attached hydrogen (secondary N) is 1. The fraction of sp³-hybridized carbons (Fsp3) is 0.579. The van der Waals surface area contributed by atoms with Crippen molar-refractivity contribution in [3.05, 3.63) is 35.5 Å². The predicted octanol–water partition coefficient (Wildman–Crippen LogP) is 4.08. The predicted molar refractivity (Wildman–Crippen MR) is 94.9 cm³/mol. The van der Waals surface area contributed by atoms with Crippen molar-refractivity contribution < 1.29 is 0 Å². The van der Waals surface area contributed by atoms with E-state index in [2.05, 4.69) is 47.0 Å². The molecule has 1 aliphatic carbocycles. The molecule has 0 saturated carbocycles. The Bertz CT molecular complexity index is 662. The number of aromatic nitrogens is 1.